The predicted octanol–water partition coefficient (Wildman–Crippen LogP) is 0.266. The molecule has 0 aliphatic carbocycles. The predicted molar refractivity (Wildman–Crippen MR) is 53.4 cm³/mol. The van der Waals surface area contributed by atoms with E-state index >= 15 is 0 Å². The molecule has 15 heavy (non-hydrogen) atoms. The first-order valence-corrected chi connectivity index (χ1v) is 4.80. The number of carbonyl (C=O) groups is 2. The lowest BCUT2D eigenvalue weighted by Crippen LogP contribution is -2.36. The Labute approximate surface area is 88.3 Å². The summed E-state index contributed by atoms with van der Waals surface area (Å²) in [6.07, 6.45) is 2.26. The van der Waals surface area contributed by atoms with E-state index in [2.05, 4.69) is 0 Å². The van der Waals surface area contributed by atoms with Gasteiger partial charge in [0, 0.05) is 20.2 Å². The first-order valence-electron chi connectivity index (χ1n) is 4.80. The minimum Gasteiger partial charge on any atom is -0.481 e. The Morgan fingerprint density at radius 1 is 1.60 bits per heavy atom. The van der Waals surface area contributed by atoms with E-state index in [-0.39, 0.29) is 5.91 Å². The van der Waals surface area contributed by atoms with E-state index in [1.54, 1.807) is 12.0 Å². The van der Waals surface area contributed by atoms with Gasteiger partial charge in [-0.1, -0.05) is 6.08 Å². The van der Waals surface area contributed by atoms with Gasteiger partial charge in [-0.05, 0) is 12.0 Å². The number of carbonyl (C=O) groups excluding carboxylic acids is 1. The third kappa shape index (κ3) is 3.71. The van der Waals surface area contributed by atoms with Gasteiger partial charge in [0.25, 0.3) is 0 Å². The first kappa shape index (κ1) is 11.7. The van der Waals surface area contributed by atoms with Crippen LogP contribution >= 0.6 is 0 Å². The van der Waals surface area contributed by atoms with Gasteiger partial charge in [-0.15, -0.1) is 0 Å². The Balaban J connectivity index is 2.42. The van der Waals surface area contributed by atoms with Crippen LogP contribution in [0.25, 0.3) is 0 Å². The highest BCUT2D eigenvalue weighted by Gasteiger charge is 2.18. The fraction of sp³-hybridized carbons (Fsp3) is 0.600. The maximum Gasteiger partial charge on any atom is 0.312 e. The zero-order valence-electron chi connectivity index (χ0n) is 8.73. The largest absolute Gasteiger partial charge is 0.481 e. The van der Waals surface area contributed by atoms with Gasteiger partial charge in [0.1, 0.15) is 6.42 Å². The number of methoxy groups -OCH3 is 1. The van der Waals surface area contributed by atoms with E-state index in [1.807, 2.05) is 6.08 Å². The smallest absolute Gasteiger partial charge is 0.312 e. The summed E-state index contributed by atoms with van der Waals surface area (Å²) in [5.74, 6) is -1.40. The van der Waals surface area contributed by atoms with Crippen LogP contribution in [0.1, 0.15) is 12.8 Å². The molecule has 0 aromatic heterocycles. The van der Waals surface area contributed by atoms with E-state index < -0.39 is 12.4 Å². The van der Waals surface area contributed by atoms with Gasteiger partial charge in [0.05, 0.1) is 6.61 Å². The average molecular weight is 213 g/mol. The number of carboxylic acid groups (broad SMARTS) is 1. The first-order chi connectivity index (χ1) is 7.13. The van der Waals surface area contributed by atoms with Crippen LogP contribution in [0.4, 0.5) is 0 Å². The van der Waals surface area contributed by atoms with Crippen molar-refractivity contribution >= 4 is 11.9 Å². The maximum absolute atomic E-state index is 11.4. The molecular formula is C10H15NO4. The van der Waals surface area contributed by atoms with Gasteiger partial charge in [-0.25, -0.2) is 0 Å². The highest BCUT2D eigenvalue weighted by atomic mass is 16.5. The van der Waals surface area contributed by atoms with Gasteiger partial charge >= 0.3 is 5.97 Å². The molecule has 0 spiro atoms. The average Bonchev–Trinajstić information content (AvgIpc) is 2.18. The minimum absolute atomic E-state index is 0.324. The van der Waals surface area contributed by atoms with Crippen LogP contribution in [0, 0.1) is 0 Å². The SMILES string of the molecule is COCC1=CCN(C(=O)CC(=O)O)CC1. The molecule has 0 bridgehead atoms. The summed E-state index contributed by atoms with van der Waals surface area (Å²) in [6.45, 7) is 1.66. The zero-order valence-corrected chi connectivity index (χ0v) is 8.73. The molecule has 1 aliphatic rings. The van der Waals surface area contributed by atoms with E-state index in [0.717, 1.165) is 12.0 Å². The number of amides is 1. The van der Waals surface area contributed by atoms with Crippen molar-refractivity contribution in [3.05, 3.63) is 11.6 Å². The Bertz CT molecular complexity index is 285. The number of aliphatic carboxylic acids is 1. The van der Waals surface area contributed by atoms with Crippen molar-refractivity contribution < 1.29 is 19.4 Å². The second-order valence-electron chi connectivity index (χ2n) is 3.46. The van der Waals surface area contributed by atoms with Crippen LogP contribution in [0.5, 0.6) is 0 Å². The Morgan fingerprint density at radius 3 is 2.80 bits per heavy atom. The quantitative estimate of drug-likeness (QED) is 0.537. The van der Waals surface area contributed by atoms with Crippen LogP contribution in [-0.2, 0) is 14.3 Å². The van der Waals surface area contributed by atoms with Gasteiger partial charge in [-0.2, -0.15) is 0 Å². The van der Waals surface area contributed by atoms with E-state index in [4.69, 9.17) is 9.84 Å². The van der Waals surface area contributed by atoms with Crippen LogP contribution in [0.15, 0.2) is 11.6 Å². The van der Waals surface area contributed by atoms with E-state index in [1.165, 1.54) is 0 Å². The summed E-state index contributed by atoms with van der Waals surface area (Å²) in [7, 11) is 1.63. The van der Waals surface area contributed by atoms with Crippen LogP contribution in [0.3, 0.4) is 0 Å². The highest BCUT2D eigenvalue weighted by molar-refractivity contribution is 5.93. The number of carboxylic acids is 1. The molecule has 0 aromatic rings. The molecule has 1 amide bonds. The van der Waals surface area contributed by atoms with Crippen molar-refractivity contribution in [3.63, 3.8) is 0 Å². The summed E-state index contributed by atoms with van der Waals surface area (Å²) < 4.78 is 4.98. The number of rotatable bonds is 4. The monoisotopic (exact) mass is 213 g/mol. The second kappa shape index (κ2) is 5.50. The summed E-state index contributed by atoms with van der Waals surface area (Å²) in [5.41, 5.74) is 1.16. The molecule has 0 aromatic carbocycles. The third-order valence-electron chi connectivity index (χ3n) is 2.29. The Morgan fingerprint density at radius 2 is 2.33 bits per heavy atom. The van der Waals surface area contributed by atoms with Crippen LogP contribution in [0.2, 0.25) is 0 Å². The van der Waals surface area contributed by atoms with E-state index in [9.17, 15) is 9.59 Å². The molecule has 0 unspecified atom stereocenters. The zero-order chi connectivity index (χ0) is 11.3. The molecule has 1 aliphatic heterocycles. The van der Waals surface area contributed by atoms with Crippen LogP contribution < -0.4 is 0 Å². The molecule has 1 heterocycles. The minimum atomic E-state index is -1.08. The third-order valence-corrected chi connectivity index (χ3v) is 2.29. The lowest BCUT2D eigenvalue weighted by molar-refractivity contribution is -0.144. The molecule has 5 heteroatoms. The number of hydrogen-bond acceptors (Lipinski definition) is 3. The van der Waals surface area contributed by atoms with E-state index in [0.29, 0.717) is 19.7 Å². The van der Waals surface area contributed by atoms with Crippen molar-refractivity contribution in [2.45, 2.75) is 12.8 Å². The number of hydrogen-bond donors (Lipinski definition) is 1. The molecular weight excluding hydrogens is 198 g/mol. The van der Waals surface area contributed by atoms with Gasteiger partial charge in [0.2, 0.25) is 5.91 Å². The van der Waals surface area contributed by atoms with Gasteiger partial charge in [0.15, 0.2) is 0 Å². The Kier molecular flexibility index (Phi) is 4.30. The fourth-order valence-electron chi connectivity index (χ4n) is 1.50. The lowest BCUT2D eigenvalue weighted by Gasteiger charge is -2.25. The summed E-state index contributed by atoms with van der Waals surface area (Å²) >= 11 is 0. The standard InChI is InChI=1S/C10H15NO4/c1-15-7-8-2-4-11(5-3-8)9(12)6-10(13)14/h2H,3-7H2,1H3,(H,13,14). The molecule has 5 nitrogen and oxygen atoms in total. The highest BCUT2D eigenvalue weighted by Crippen LogP contribution is 2.11. The second-order valence-corrected chi connectivity index (χ2v) is 3.46. The molecule has 0 saturated carbocycles. The molecule has 84 valence electrons. The van der Waals surface area contributed by atoms with Gasteiger partial charge in [-0.3, -0.25) is 9.59 Å². The van der Waals surface area contributed by atoms with Gasteiger partial charge < -0.3 is 14.7 Å². The maximum atomic E-state index is 11.4. The molecule has 1 rings (SSSR count). The number of ether oxygens (including phenoxy) is 1. The van der Waals surface area contributed by atoms with Crippen molar-refractivity contribution in [1.29, 1.82) is 0 Å². The number of nitrogens with zero attached hydrogens (tertiary/aromatic N) is 1. The van der Waals surface area contributed by atoms with Crippen molar-refractivity contribution in [2.75, 3.05) is 26.8 Å². The molecule has 0 atom stereocenters. The molecule has 0 fully saturated rings. The topological polar surface area (TPSA) is 66.8 Å². The Hall–Kier alpha value is -1.36. The molecule has 0 saturated heterocycles. The van der Waals surface area contributed by atoms with Crippen LogP contribution in [-0.4, -0.2) is 48.7 Å². The normalized spacial score (nSPS) is 16.1. The summed E-state index contributed by atoms with van der Waals surface area (Å²) in [6, 6.07) is 0. The fourth-order valence-corrected chi connectivity index (χ4v) is 1.50. The summed E-state index contributed by atoms with van der Waals surface area (Å²) in [4.78, 5) is 23.2. The summed E-state index contributed by atoms with van der Waals surface area (Å²) in [5, 5.41) is 8.47. The van der Waals surface area contributed by atoms with Crippen molar-refractivity contribution in [3.8, 4) is 0 Å². The van der Waals surface area contributed by atoms with Crippen molar-refractivity contribution in [2.24, 2.45) is 0 Å². The lowest BCUT2D eigenvalue weighted by atomic mass is 10.1. The molecule has 1 N–H and O–H groups in total. The van der Waals surface area contributed by atoms with Crippen molar-refractivity contribution in [1.82, 2.24) is 4.90 Å². The molecule has 0 radical (unpaired) electrons.